The summed E-state index contributed by atoms with van der Waals surface area (Å²) < 4.78 is 6.97. The highest BCUT2D eigenvalue weighted by Crippen LogP contribution is 2.31. The van der Waals surface area contributed by atoms with Crippen molar-refractivity contribution in [2.24, 2.45) is 0 Å². The van der Waals surface area contributed by atoms with Gasteiger partial charge in [-0.25, -0.2) is 14.8 Å². The molecular weight excluding hydrogens is 420 g/mol. The van der Waals surface area contributed by atoms with E-state index in [0.717, 1.165) is 49.3 Å². The van der Waals surface area contributed by atoms with Gasteiger partial charge in [-0.05, 0) is 29.8 Å². The van der Waals surface area contributed by atoms with Gasteiger partial charge in [0.25, 0.3) is 0 Å². The number of carbonyl (C=O) groups excluding carboxylic acids is 1. The number of aromatic nitrogens is 5. The highest BCUT2D eigenvalue weighted by Gasteiger charge is 2.30. The first-order chi connectivity index (χ1) is 15.1. The van der Waals surface area contributed by atoms with Crippen LogP contribution >= 0.6 is 11.6 Å². The molecule has 2 aliphatic heterocycles. The standard InChI is InChI=1S/C20H21ClN8O2/c1-31-20(30)28-12-14-11-15(21)3-4-16(14)29-17(13-28)24-25-19(29)27-9-7-26(8-10-27)18-22-5-2-6-23-18/h2-6,11H,7-10,12-13H2,1H3. The van der Waals surface area contributed by atoms with Gasteiger partial charge in [0.05, 0.1) is 25.9 Å². The van der Waals surface area contributed by atoms with Crippen LogP contribution < -0.4 is 9.80 Å². The van der Waals surface area contributed by atoms with E-state index in [1.165, 1.54) is 7.11 Å². The number of halogens is 1. The normalized spacial score (nSPS) is 15.9. The van der Waals surface area contributed by atoms with Crippen LogP contribution in [-0.4, -0.2) is 69.0 Å². The fraction of sp³-hybridized carbons (Fsp3) is 0.350. The second kappa shape index (κ2) is 8.03. The Morgan fingerprint density at radius 3 is 2.52 bits per heavy atom. The molecule has 5 rings (SSSR count). The first kappa shape index (κ1) is 19.6. The van der Waals surface area contributed by atoms with Crippen LogP contribution in [0, 0.1) is 0 Å². The summed E-state index contributed by atoms with van der Waals surface area (Å²) in [4.78, 5) is 26.9. The molecule has 31 heavy (non-hydrogen) atoms. The lowest BCUT2D eigenvalue weighted by atomic mass is 10.1. The number of amides is 1. The molecule has 3 aromatic rings. The topological polar surface area (TPSA) is 92.5 Å². The summed E-state index contributed by atoms with van der Waals surface area (Å²) in [7, 11) is 1.37. The van der Waals surface area contributed by atoms with Crippen LogP contribution in [0.3, 0.4) is 0 Å². The summed E-state index contributed by atoms with van der Waals surface area (Å²) in [6.45, 7) is 3.72. The van der Waals surface area contributed by atoms with Gasteiger partial charge in [-0.1, -0.05) is 11.6 Å². The first-order valence-electron chi connectivity index (χ1n) is 9.97. The molecule has 0 aliphatic carbocycles. The molecule has 1 amide bonds. The van der Waals surface area contributed by atoms with Crippen LogP contribution in [0.1, 0.15) is 11.4 Å². The number of hydrogen-bond acceptors (Lipinski definition) is 8. The second-order valence-electron chi connectivity index (χ2n) is 7.37. The van der Waals surface area contributed by atoms with Crippen LogP contribution in [0.5, 0.6) is 0 Å². The Kier molecular flexibility index (Phi) is 5.06. The molecular formula is C20H21ClN8O2. The number of ether oxygens (including phenoxy) is 1. The number of carbonyl (C=O) groups is 1. The van der Waals surface area contributed by atoms with E-state index in [-0.39, 0.29) is 0 Å². The Morgan fingerprint density at radius 2 is 1.77 bits per heavy atom. The van der Waals surface area contributed by atoms with E-state index >= 15 is 0 Å². The summed E-state index contributed by atoms with van der Waals surface area (Å²) in [5.74, 6) is 2.16. The Bertz CT molecular complexity index is 1100. The van der Waals surface area contributed by atoms with E-state index in [2.05, 4.69) is 30.0 Å². The Morgan fingerprint density at radius 1 is 1.03 bits per heavy atom. The SMILES string of the molecule is COC(=O)N1Cc2cc(Cl)ccc2-n2c(nnc2N2CCN(c3ncccn3)CC2)C1. The van der Waals surface area contributed by atoms with Crippen LogP contribution in [-0.2, 0) is 17.8 Å². The fourth-order valence-electron chi connectivity index (χ4n) is 4.01. The van der Waals surface area contributed by atoms with Gasteiger partial charge in [0.1, 0.15) is 0 Å². The highest BCUT2D eigenvalue weighted by molar-refractivity contribution is 6.30. The molecule has 160 valence electrons. The zero-order valence-electron chi connectivity index (χ0n) is 17.0. The minimum atomic E-state index is -0.416. The summed E-state index contributed by atoms with van der Waals surface area (Å²) in [5, 5.41) is 9.50. The molecule has 0 radical (unpaired) electrons. The van der Waals surface area contributed by atoms with E-state index in [4.69, 9.17) is 16.3 Å². The number of piperazine rings is 1. The third kappa shape index (κ3) is 3.63. The second-order valence-corrected chi connectivity index (χ2v) is 7.81. The minimum absolute atomic E-state index is 0.295. The van der Waals surface area contributed by atoms with Crippen molar-refractivity contribution in [3.05, 3.63) is 53.1 Å². The van der Waals surface area contributed by atoms with Gasteiger partial charge in [-0.15, -0.1) is 10.2 Å². The van der Waals surface area contributed by atoms with Crippen molar-refractivity contribution >= 4 is 29.6 Å². The fourth-order valence-corrected chi connectivity index (χ4v) is 4.21. The van der Waals surface area contributed by atoms with E-state index in [0.29, 0.717) is 23.9 Å². The number of fused-ring (bicyclic) bond motifs is 3. The third-order valence-corrected chi connectivity index (χ3v) is 5.75. The molecule has 0 unspecified atom stereocenters. The van der Waals surface area contributed by atoms with Crippen LogP contribution in [0.15, 0.2) is 36.7 Å². The smallest absolute Gasteiger partial charge is 0.410 e. The number of hydrogen-bond donors (Lipinski definition) is 0. The molecule has 0 spiro atoms. The van der Waals surface area contributed by atoms with E-state index < -0.39 is 6.09 Å². The lowest BCUT2D eigenvalue weighted by Crippen LogP contribution is -2.48. The lowest BCUT2D eigenvalue weighted by molar-refractivity contribution is 0.117. The van der Waals surface area contributed by atoms with Crippen molar-refractivity contribution in [3.8, 4) is 5.69 Å². The number of benzene rings is 1. The summed E-state index contributed by atoms with van der Waals surface area (Å²) in [6.07, 6.45) is 3.09. The maximum atomic E-state index is 12.3. The molecule has 10 nitrogen and oxygen atoms in total. The molecule has 0 bridgehead atoms. The predicted octanol–water partition coefficient (Wildman–Crippen LogP) is 2.12. The van der Waals surface area contributed by atoms with Gasteiger partial charge >= 0.3 is 6.09 Å². The molecule has 0 N–H and O–H groups in total. The zero-order valence-corrected chi connectivity index (χ0v) is 17.7. The van der Waals surface area contributed by atoms with Gasteiger partial charge in [-0.2, -0.15) is 0 Å². The average Bonchev–Trinajstić information content (AvgIpc) is 3.15. The molecule has 0 saturated carbocycles. The largest absolute Gasteiger partial charge is 0.453 e. The Hall–Kier alpha value is -3.40. The molecule has 2 aliphatic rings. The molecule has 1 aromatic carbocycles. The first-order valence-corrected chi connectivity index (χ1v) is 10.3. The van der Waals surface area contributed by atoms with E-state index in [9.17, 15) is 4.79 Å². The van der Waals surface area contributed by atoms with Crippen molar-refractivity contribution in [2.45, 2.75) is 13.1 Å². The van der Waals surface area contributed by atoms with Crippen LogP contribution in [0.25, 0.3) is 5.69 Å². The zero-order chi connectivity index (χ0) is 21.4. The summed E-state index contributed by atoms with van der Waals surface area (Å²) >= 11 is 6.25. The van der Waals surface area contributed by atoms with Gasteiger partial charge in [0.2, 0.25) is 11.9 Å². The molecule has 11 heteroatoms. The van der Waals surface area contributed by atoms with Crippen molar-refractivity contribution in [1.29, 1.82) is 0 Å². The van der Waals surface area contributed by atoms with Crippen molar-refractivity contribution in [2.75, 3.05) is 43.1 Å². The molecule has 0 atom stereocenters. The minimum Gasteiger partial charge on any atom is -0.453 e. The van der Waals surface area contributed by atoms with Gasteiger partial charge in [-0.3, -0.25) is 9.47 Å². The molecule has 4 heterocycles. The third-order valence-electron chi connectivity index (χ3n) is 5.52. The predicted molar refractivity (Wildman–Crippen MR) is 114 cm³/mol. The summed E-state index contributed by atoms with van der Waals surface area (Å²) in [6, 6.07) is 7.47. The molecule has 1 saturated heterocycles. The van der Waals surface area contributed by atoms with Gasteiger partial charge < -0.3 is 14.5 Å². The van der Waals surface area contributed by atoms with Crippen LogP contribution in [0.2, 0.25) is 5.02 Å². The maximum Gasteiger partial charge on any atom is 0.410 e. The quantitative estimate of drug-likeness (QED) is 0.598. The monoisotopic (exact) mass is 440 g/mol. The van der Waals surface area contributed by atoms with Crippen molar-refractivity contribution in [1.82, 2.24) is 29.6 Å². The Labute approximate surface area is 184 Å². The summed E-state index contributed by atoms with van der Waals surface area (Å²) in [5.41, 5.74) is 1.83. The number of anilines is 2. The average molecular weight is 441 g/mol. The molecule has 1 fully saturated rings. The van der Waals surface area contributed by atoms with Gasteiger partial charge in [0.15, 0.2) is 5.82 Å². The van der Waals surface area contributed by atoms with E-state index in [1.807, 2.05) is 28.8 Å². The number of methoxy groups -OCH3 is 1. The van der Waals surface area contributed by atoms with Crippen molar-refractivity contribution < 1.29 is 9.53 Å². The van der Waals surface area contributed by atoms with Gasteiger partial charge in [0, 0.05) is 43.6 Å². The number of rotatable bonds is 2. The molecule has 2 aromatic heterocycles. The maximum absolute atomic E-state index is 12.3. The van der Waals surface area contributed by atoms with E-state index in [1.54, 1.807) is 17.3 Å². The number of nitrogens with zero attached hydrogens (tertiary/aromatic N) is 8. The van der Waals surface area contributed by atoms with Crippen LogP contribution in [0.4, 0.5) is 16.7 Å². The highest BCUT2D eigenvalue weighted by atomic mass is 35.5. The Balaban J connectivity index is 1.47. The lowest BCUT2D eigenvalue weighted by Gasteiger charge is -2.35. The van der Waals surface area contributed by atoms with Crippen molar-refractivity contribution in [3.63, 3.8) is 0 Å².